The summed E-state index contributed by atoms with van der Waals surface area (Å²) in [5, 5.41) is 12.1. The molecule has 2 aromatic rings. The molecule has 0 fully saturated rings. The van der Waals surface area contributed by atoms with Crippen molar-refractivity contribution >= 4 is 16.5 Å². The normalized spacial score (nSPS) is 10.8. The summed E-state index contributed by atoms with van der Waals surface area (Å²) in [7, 11) is 1.77. The highest BCUT2D eigenvalue weighted by atomic mass is 32.1. The summed E-state index contributed by atoms with van der Waals surface area (Å²) < 4.78 is 0. The van der Waals surface area contributed by atoms with Crippen LogP contribution in [0, 0.1) is 0 Å². The maximum Gasteiger partial charge on any atom is 0.258 e. The second kappa shape index (κ2) is 4.67. The quantitative estimate of drug-likeness (QED) is 0.874. The predicted octanol–water partition coefficient (Wildman–Crippen LogP) is 2.06. The Kier molecular flexibility index (Phi) is 3.23. The monoisotopic (exact) mass is 250 g/mol. The first-order valence-corrected chi connectivity index (χ1v) is 6.18. The molecule has 2 rings (SSSR count). The minimum Gasteiger partial charge on any atom is -0.363 e. The number of anilines is 1. The van der Waals surface area contributed by atoms with Crippen molar-refractivity contribution in [2.75, 3.05) is 12.4 Å². The van der Waals surface area contributed by atoms with E-state index < -0.39 is 0 Å². The second-order valence-corrected chi connectivity index (χ2v) is 4.95. The van der Waals surface area contributed by atoms with Gasteiger partial charge < -0.3 is 10.3 Å². The molecule has 0 bridgehead atoms. The Bertz CT molecular complexity index is 573. The first-order valence-electron chi connectivity index (χ1n) is 5.36. The molecule has 6 heteroatoms. The van der Waals surface area contributed by atoms with Crippen molar-refractivity contribution in [3.05, 3.63) is 28.2 Å². The van der Waals surface area contributed by atoms with Crippen LogP contribution in [-0.4, -0.2) is 22.2 Å². The predicted molar refractivity (Wildman–Crippen MR) is 69.6 cm³/mol. The minimum atomic E-state index is -0.116. The van der Waals surface area contributed by atoms with Crippen molar-refractivity contribution in [1.82, 2.24) is 15.2 Å². The van der Waals surface area contributed by atoms with Gasteiger partial charge in [0.1, 0.15) is 0 Å². The van der Waals surface area contributed by atoms with Crippen LogP contribution in [0.4, 0.5) is 5.13 Å². The molecule has 0 unspecified atom stereocenters. The van der Waals surface area contributed by atoms with Crippen LogP contribution < -0.4 is 10.9 Å². The summed E-state index contributed by atoms with van der Waals surface area (Å²) in [6.45, 7) is 4.07. The number of aromatic amines is 1. The van der Waals surface area contributed by atoms with E-state index in [9.17, 15) is 4.79 Å². The van der Waals surface area contributed by atoms with E-state index >= 15 is 0 Å². The van der Waals surface area contributed by atoms with E-state index in [0.717, 1.165) is 5.69 Å². The SMILES string of the molecule is CNc1nnc(-c2ccc(C(C)C)[nH]c2=O)s1. The number of hydrogen-bond donors (Lipinski definition) is 2. The number of nitrogens with one attached hydrogen (secondary N) is 2. The van der Waals surface area contributed by atoms with Crippen LogP contribution in [-0.2, 0) is 0 Å². The first-order chi connectivity index (χ1) is 8.11. The van der Waals surface area contributed by atoms with Crippen LogP contribution in [0.25, 0.3) is 10.6 Å². The van der Waals surface area contributed by atoms with E-state index in [1.54, 1.807) is 13.1 Å². The topological polar surface area (TPSA) is 70.7 Å². The van der Waals surface area contributed by atoms with Gasteiger partial charge in [-0.1, -0.05) is 25.2 Å². The van der Waals surface area contributed by atoms with Crippen molar-refractivity contribution in [2.45, 2.75) is 19.8 Å². The number of rotatable bonds is 3. The summed E-state index contributed by atoms with van der Waals surface area (Å²) in [5.41, 5.74) is 1.38. The Morgan fingerprint density at radius 1 is 1.35 bits per heavy atom. The third kappa shape index (κ3) is 2.36. The van der Waals surface area contributed by atoms with Gasteiger partial charge in [-0.2, -0.15) is 0 Å². The molecule has 0 saturated heterocycles. The molecule has 0 radical (unpaired) electrons. The third-order valence-corrected chi connectivity index (χ3v) is 3.40. The maximum absolute atomic E-state index is 11.9. The lowest BCUT2D eigenvalue weighted by atomic mass is 10.1. The van der Waals surface area contributed by atoms with Crippen molar-refractivity contribution in [1.29, 1.82) is 0 Å². The molecule has 17 heavy (non-hydrogen) atoms. The lowest BCUT2D eigenvalue weighted by Gasteiger charge is -2.04. The van der Waals surface area contributed by atoms with E-state index in [4.69, 9.17) is 0 Å². The van der Waals surface area contributed by atoms with E-state index in [-0.39, 0.29) is 5.56 Å². The summed E-state index contributed by atoms with van der Waals surface area (Å²) >= 11 is 1.36. The molecule has 90 valence electrons. The number of hydrogen-bond acceptors (Lipinski definition) is 5. The summed E-state index contributed by atoms with van der Waals surface area (Å²) in [6, 6.07) is 3.72. The average Bonchev–Trinajstić information content (AvgIpc) is 2.77. The largest absolute Gasteiger partial charge is 0.363 e. The van der Waals surface area contributed by atoms with E-state index in [2.05, 4.69) is 20.5 Å². The zero-order valence-electron chi connectivity index (χ0n) is 9.94. The fourth-order valence-electron chi connectivity index (χ4n) is 1.43. The zero-order valence-corrected chi connectivity index (χ0v) is 10.8. The molecule has 0 atom stereocenters. The molecular weight excluding hydrogens is 236 g/mol. The minimum absolute atomic E-state index is 0.116. The highest BCUT2D eigenvalue weighted by Crippen LogP contribution is 2.23. The summed E-state index contributed by atoms with van der Waals surface area (Å²) in [6.07, 6.45) is 0. The number of pyridine rings is 1. The molecule has 2 heterocycles. The van der Waals surface area contributed by atoms with Gasteiger partial charge in [0.25, 0.3) is 5.56 Å². The molecule has 0 aliphatic rings. The van der Waals surface area contributed by atoms with Crippen LogP contribution in [0.15, 0.2) is 16.9 Å². The molecule has 0 aliphatic heterocycles. The Labute approximate surface area is 103 Å². The first kappa shape index (κ1) is 11.8. The molecule has 2 aromatic heterocycles. The highest BCUT2D eigenvalue weighted by molar-refractivity contribution is 7.18. The molecular formula is C11H14N4OS. The highest BCUT2D eigenvalue weighted by Gasteiger charge is 2.10. The zero-order chi connectivity index (χ0) is 12.4. The average molecular weight is 250 g/mol. The molecule has 0 saturated carbocycles. The van der Waals surface area contributed by atoms with Gasteiger partial charge in [0.2, 0.25) is 5.13 Å². The van der Waals surface area contributed by atoms with Crippen molar-refractivity contribution in [3.8, 4) is 10.6 Å². The maximum atomic E-state index is 11.9. The van der Waals surface area contributed by atoms with Gasteiger partial charge in [0, 0.05) is 12.7 Å². The number of nitrogens with zero attached hydrogens (tertiary/aromatic N) is 2. The molecule has 0 aromatic carbocycles. The molecule has 2 N–H and O–H groups in total. The van der Waals surface area contributed by atoms with Gasteiger partial charge in [0.15, 0.2) is 5.01 Å². The fraction of sp³-hybridized carbons (Fsp3) is 0.364. The Morgan fingerprint density at radius 3 is 2.65 bits per heavy atom. The molecule has 0 spiro atoms. The molecule has 0 amide bonds. The van der Waals surface area contributed by atoms with Crippen LogP contribution >= 0.6 is 11.3 Å². The standard InChI is InChI=1S/C11H14N4OS/c1-6(2)8-5-4-7(9(16)13-8)10-14-15-11(12-3)17-10/h4-6H,1-3H3,(H,12,15)(H,13,16). The van der Waals surface area contributed by atoms with Crippen LogP contribution in [0.2, 0.25) is 0 Å². The Hall–Kier alpha value is -1.69. The Balaban J connectivity index is 2.43. The van der Waals surface area contributed by atoms with E-state index in [1.165, 1.54) is 11.3 Å². The third-order valence-electron chi connectivity index (χ3n) is 2.42. The van der Waals surface area contributed by atoms with E-state index in [1.807, 2.05) is 19.9 Å². The van der Waals surface area contributed by atoms with Gasteiger partial charge in [-0.15, -0.1) is 10.2 Å². The Morgan fingerprint density at radius 2 is 2.12 bits per heavy atom. The summed E-state index contributed by atoms with van der Waals surface area (Å²) in [4.78, 5) is 14.8. The number of aromatic nitrogens is 3. The van der Waals surface area contributed by atoms with Gasteiger partial charge in [-0.3, -0.25) is 4.79 Å². The molecule has 5 nitrogen and oxygen atoms in total. The van der Waals surface area contributed by atoms with Crippen molar-refractivity contribution < 1.29 is 0 Å². The van der Waals surface area contributed by atoms with Crippen LogP contribution in [0.1, 0.15) is 25.5 Å². The van der Waals surface area contributed by atoms with E-state index in [0.29, 0.717) is 21.6 Å². The lowest BCUT2D eigenvalue weighted by Crippen LogP contribution is -2.11. The lowest BCUT2D eigenvalue weighted by molar-refractivity contribution is 0.816. The summed E-state index contributed by atoms with van der Waals surface area (Å²) in [5.74, 6) is 0.305. The van der Waals surface area contributed by atoms with Gasteiger partial charge in [-0.05, 0) is 18.1 Å². The molecule has 0 aliphatic carbocycles. The van der Waals surface area contributed by atoms with Crippen molar-refractivity contribution in [2.24, 2.45) is 0 Å². The smallest absolute Gasteiger partial charge is 0.258 e. The van der Waals surface area contributed by atoms with Gasteiger partial charge >= 0.3 is 0 Å². The van der Waals surface area contributed by atoms with Crippen molar-refractivity contribution in [3.63, 3.8) is 0 Å². The van der Waals surface area contributed by atoms with Gasteiger partial charge in [0.05, 0.1) is 5.56 Å². The van der Waals surface area contributed by atoms with Crippen LogP contribution in [0.5, 0.6) is 0 Å². The second-order valence-electron chi connectivity index (χ2n) is 3.97. The van der Waals surface area contributed by atoms with Crippen LogP contribution in [0.3, 0.4) is 0 Å². The number of H-pyrrole nitrogens is 1. The fourth-order valence-corrected chi connectivity index (χ4v) is 2.15. The van der Waals surface area contributed by atoms with Gasteiger partial charge in [-0.25, -0.2) is 0 Å².